The average molecular weight is 687 g/mol. The maximum atomic E-state index is 15.7. The van der Waals surface area contributed by atoms with Crippen LogP contribution in [0.5, 0.6) is 0 Å². The number of tetrazole rings is 1. The Morgan fingerprint density at radius 2 is 1.70 bits per heavy atom. The molecule has 2 aliphatic rings. The molecule has 246 valence electrons. The molecule has 13 nitrogen and oxygen atoms in total. The van der Waals surface area contributed by atoms with Crippen molar-refractivity contribution in [3.8, 4) is 28.1 Å². The largest absolute Gasteiger partial charge is 0.338 e. The van der Waals surface area contributed by atoms with E-state index in [1.807, 2.05) is 13.0 Å². The van der Waals surface area contributed by atoms with Crippen molar-refractivity contribution in [2.45, 2.75) is 19.4 Å². The van der Waals surface area contributed by atoms with E-state index in [2.05, 4.69) is 30.6 Å². The Morgan fingerprint density at radius 3 is 2.44 bits per heavy atom. The Labute approximate surface area is 286 Å². The quantitative estimate of drug-likeness (QED) is 0.245. The van der Waals surface area contributed by atoms with Crippen LogP contribution < -0.4 is 10.5 Å². The molecule has 0 fully saturated rings. The minimum Gasteiger partial charge on any atom is -0.338 e. The van der Waals surface area contributed by atoms with E-state index in [0.29, 0.717) is 61.7 Å². The molecule has 15 heteroatoms. The highest BCUT2D eigenvalue weighted by molar-refractivity contribution is 6.35. The number of anilines is 1. The van der Waals surface area contributed by atoms with Crippen LogP contribution in [-0.4, -0.2) is 56.3 Å². The maximum absolute atomic E-state index is 15.7. The van der Waals surface area contributed by atoms with Crippen molar-refractivity contribution in [1.82, 2.24) is 44.5 Å². The Hall–Kier alpha value is -6.28. The Bertz CT molecular complexity index is 2590. The smallest absolute Gasteiger partial charge is 0.267 e. The van der Waals surface area contributed by atoms with Gasteiger partial charge in [0.2, 0.25) is 5.95 Å². The molecule has 0 radical (unpaired) electrons. The zero-order valence-corrected chi connectivity index (χ0v) is 27.1. The van der Waals surface area contributed by atoms with Crippen molar-refractivity contribution in [2.75, 3.05) is 4.90 Å². The molecular weight excluding hydrogens is 663 g/mol. The van der Waals surface area contributed by atoms with E-state index >= 15 is 4.39 Å². The third kappa shape index (κ3) is 4.38. The van der Waals surface area contributed by atoms with Gasteiger partial charge in [-0.25, -0.2) is 9.88 Å². The van der Waals surface area contributed by atoms with E-state index in [0.717, 1.165) is 10.6 Å². The van der Waals surface area contributed by atoms with Gasteiger partial charge >= 0.3 is 0 Å². The summed E-state index contributed by atoms with van der Waals surface area (Å²) < 4.78 is 20.4. The minimum atomic E-state index is -0.725. The summed E-state index contributed by atoms with van der Waals surface area (Å²) in [6, 6.07) is 19.9. The second-order valence-corrected chi connectivity index (χ2v) is 12.9. The molecule has 9 rings (SSSR count). The van der Waals surface area contributed by atoms with E-state index in [-0.39, 0.29) is 23.0 Å². The molecule has 0 aliphatic carbocycles. The summed E-state index contributed by atoms with van der Waals surface area (Å²) in [5.41, 5.74) is 4.32. The predicted octanol–water partition coefficient (Wildman–Crippen LogP) is 5.14. The molecule has 6 heterocycles. The molecule has 50 heavy (non-hydrogen) atoms. The molecule has 0 saturated carbocycles. The van der Waals surface area contributed by atoms with E-state index in [4.69, 9.17) is 11.6 Å². The molecular formula is C35H24ClFN10O3. The van der Waals surface area contributed by atoms with Crippen LogP contribution >= 0.6 is 11.6 Å². The Morgan fingerprint density at radius 1 is 0.920 bits per heavy atom. The number of fused-ring (bicyclic) bond motifs is 3. The Kier molecular flexibility index (Phi) is 6.48. The third-order valence-electron chi connectivity index (χ3n) is 9.45. The molecule has 2 amide bonds. The number of amides is 2. The highest BCUT2D eigenvalue weighted by Gasteiger charge is 2.39. The third-order valence-corrected chi connectivity index (χ3v) is 9.68. The highest BCUT2D eigenvalue weighted by Crippen LogP contribution is 2.39. The summed E-state index contributed by atoms with van der Waals surface area (Å²) in [7, 11) is 1.69. The SMILES string of the molecule is C[C@H]1Cc2cc(-c3cc(Cl)ccc3-n3cnnn3)cc(=O)n2[C@@H]1c1nc(F)c(-c2ccc3c(N4C(=O)c5ccccc5C4=O)nn(C)c3c2)[nH]1. The van der Waals surface area contributed by atoms with Gasteiger partial charge in [-0.2, -0.15) is 14.2 Å². The van der Waals surface area contributed by atoms with Gasteiger partial charge in [0.15, 0.2) is 5.82 Å². The number of imide groups is 1. The first kappa shape index (κ1) is 29.8. The van der Waals surface area contributed by atoms with Crippen molar-refractivity contribution >= 4 is 40.1 Å². The number of aryl methyl sites for hydroxylation is 1. The summed E-state index contributed by atoms with van der Waals surface area (Å²) in [6.45, 7) is 1.99. The second-order valence-electron chi connectivity index (χ2n) is 12.4. The standard InChI is InChI=1S/C35H24ClFN10O3/c1-17-11-21-12-19(25-15-20(36)8-10-26(25)45-16-38-42-43-45)14-28(48)46(21)30(17)32-39-29(31(37)40-32)18-7-9-24-27(13-18)44(2)41-33(24)47-34(49)22-5-3-4-6-23(22)35(47)50/h3-10,12-17,30H,11H2,1-2H3,(H,39,40)/t17-,30-/m0/s1. The summed E-state index contributed by atoms with van der Waals surface area (Å²) in [4.78, 5) is 48.6. The lowest BCUT2D eigenvalue weighted by atomic mass is 10.0. The normalized spacial score (nSPS) is 16.8. The molecule has 0 bridgehead atoms. The van der Waals surface area contributed by atoms with Crippen LogP contribution in [0, 0.1) is 11.9 Å². The molecule has 2 atom stereocenters. The number of carbonyl (C=O) groups excluding carboxylic acids is 2. The Balaban J connectivity index is 1.07. The number of rotatable bonds is 5. The number of benzene rings is 3. The van der Waals surface area contributed by atoms with Crippen molar-refractivity contribution in [3.63, 3.8) is 0 Å². The van der Waals surface area contributed by atoms with Gasteiger partial charge in [0.25, 0.3) is 17.4 Å². The number of nitrogens with one attached hydrogen (secondary N) is 1. The van der Waals surface area contributed by atoms with Crippen molar-refractivity contribution < 1.29 is 14.0 Å². The summed E-state index contributed by atoms with van der Waals surface area (Å²) in [5, 5.41) is 17.0. The van der Waals surface area contributed by atoms with Gasteiger partial charge in [0.05, 0.1) is 28.4 Å². The average Bonchev–Trinajstić information content (AvgIpc) is 3.93. The summed E-state index contributed by atoms with van der Waals surface area (Å²) in [6.07, 6.45) is 2.02. The number of aromatic nitrogens is 9. The van der Waals surface area contributed by atoms with Gasteiger partial charge in [-0.1, -0.05) is 36.7 Å². The number of hydrogen-bond donors (Lipinski definition) is 1. The fourth-order valence-electron chi connectivity index (χ4n) is 7.20. The van der Waals surface area contributed by atoms with Crippen LogP contribution in [0.25, 0.3) is 39.0 Å². The first-order chi connectivity index (χ1) is 24.2. The van der Waals surface area contributed by atoms with Crippen molar-refractivity contribution in [3.05, 3.63) is 123 Å². The molecule has 0 saturated heterocycles. The number of carbonyl (C=O) groups is 2. The molecule has 4 aromatic heterocycles. The lowest BCUT2D eigenvalue weighted by Gasteiger charge is -2.17. The second kappa shape index (κ2) is 10.9. The number of hydrogen-bond acceptors (Lipinski definition) is 8. The molecule has 0 unspecified atom stereocenters. The zero-order chi connectivity index (χ0) is 34.4. The number of aromatic amines is 1. The molecule has 1 N–H and O–H groups in total. The zero-order valence-electron chi connectivity index (χ0n) is 26.4. The number of halogens is 2. The molecule has 2 aliphatic heterocycles. The van der Waals surface area contributed by atoms with Crippen molar-refractivity contribution in [2.24, 2.45) is 13.0 Å². The molecule has 0 spiro atoms. The van der Waals surface area contributed by atoms with Gasteiger partial charge in [-0.3, -0.25) is 19.1 Å². The van der Waals surface area contributed by atoms with Gasteiger partial charge in [0.1, 0.15) is 17.8 Å². The number of pyridine rings is 1. The van der Waals surface area contributed by atoms with Crippen LogP contribution in [0.1, 0.15) is 45.2 Å². The van der Waals surface area contributed by atoms with E-state index in [1.54, 1.807) is 77.0 Å². The number of H-pyrrole nitrogens is 1. The fourth-order valence-corrected chi connectivity index (χ4v) is 7.38. The van der Waals surface area contributed by atoms with Crippen molar-refractivity contribution in [1.29, 1.82) is 0 Å². The highest BCUT2D eigenvalue weighted by atomic mass is 35.5. The minimum absolute atomic E-state index is 0.0866. The van der Waals surface area contributed by atoms with Gasteiger partial charge in [-0.05, 0) is 76.9 Å². The number of imidazole rings is 1. The van der Waals surface area contributed by atoms with Gasteiger partial charge < -0.3 is 9.55 Å². The first-order valence-corrected chi connectivity index (χ1v) is 16.0. The topological polar surface area (TPSA) is 149 Å². The van der Waals surface area contributed by atoms with Crippen LogP contribution in [-0.2, 0) is 13.5 Å². The lowest BCUT2D eigenvalue weighted by Crippen LogP contribution is -2.30. The van der Waals surface area contributed by atoms with Crippen LogP contribution in [0.3, 0.4) is 0 Å². The van der Waals surface area contributed by atoms with E-state index in [9.17, 15) is 14.4 Å². The predicted molar refractivity (Wildman–Crippen MR) is 181 cm³/mol. The van der Waals surface area contributed by atoms with Gasteiger partial charge in [-0.15, -0.1) is 5.10 Å². The monoisotopic (exact) mass is 686 g/mol. The maximum Gasteiger partial charge on any atom is 0.267 e. The van der Waals surface area contributed by atoms with Crippen LogP contribution in [0.15, 0.2) is 83.9 Å². The van der Waals surface area contributed by atoms with Crippen LogP contribution in [0.2, 0.25) is 5.02 Å². The lowest BCUT2D eigenvalue weighted by molar-refractivity contribution is 0.0925. The number of nitrogens with zero attached hydrogens (tertiary/aromatic N) is 9. The molecule has 3 aromatic carbocycles. The van der Waals surface area contributed by atoms with Crippen LogP contribution in [0.4, 0.5) is 10.2 Å². The summed E-state index contributed by atoms with van der Waals surface area (Å²) >= 11 is 6.35. The summed E-state index contributed by atoms with van der Waals surface area (Å²) in [5.74, 6) is -1.20. The fraction of sp³-hybridized carbons (Fsp3) is 0.143. The molecule has 7 aromatic rings. The van der Waals surface area contributed by atoms with E-state index in [1.165, 1.54) is 17.1 Å². The van der Waals surface area contributed by atoms with E-state index < -0.39 is 23.8 Å². The first-order valence-electron chi connectivity index (χ1n) is 15.7. The van der Waals surface area contributed by atoms with Gasteiger partial charge in [0, 0.05) is 40.3 Å².